The quantitative estimate of drug-likeness (QED) is 0.182. The van der Waals surface area contributed by atoms with Crippen LogP contribution in [0.1, 0.15) is 0 Å². The highest BCUT2D eigenvalue weighted by atomic mass is 16.3. The first-order valence-corrected chi connectivity index (χ1v) is 16.3. The summed E-state index contributed by atoms with van der Waals surface area (Å²) < 4.78 is 6.54. The monoisotopic (exact) mass is 626 g/mol. The highest BCUT2D eigenvalue weighted by molar-refractivity contribution is 6.22. The van der Waals surface area contributed by atoms with Gasteiger partial charge in [0.1, 0.15) is 5.58 Å². The van der Waals surface area contributed by atoms with Crippen LogP contribution in [0.25, 0.3) is 99.5 Å². The summed E-state index contributed by atoms with van der Waals surface area (Å²) >= 11 is 0. The number of nitrogens with zero attached hydrogens (tertiary/aromatic N) is 4. The van der Waals surface area contributed by atoms with E-state index in [1.165, 1.54) is 32.3 Å². The fourth-order valence-corrected chi connectivity index (χ4v) is 7.12. The van der Waals surface area contributed by atoms with Gasteiger partial charge in [0.25, 0.3) is 0 Å². The van der Waals surface area contributed by atoms with Crippen molar-refractivity contribution >= 4 is 54.3 Å². The van der Waals surface area contributed by atoms with Crippen molar-refractivity contribution in [3.05, 3.63) is 158 Å². The summed E-state index contributed by atoms with van der Waals surface area (Å²) in [6.07, 6.45) is 3.57. The van der Waals surface area contributed by atoms with Gasteiger partial charge in [0.05, 0.1) is 6.20 Å². The van der Waals surface area contributed by atoms with Crippen molar-refractivity contribution in [3.8, 4) is 45.3 Å². The van der Waals surface area contributed by atoms with E-state index in [4.69, 9.17) is 19.4 Å². The van der Waals surface area contributed by atoms with Crippen molar-refractivity contribution in [2.75, 3.05) is 0 Å². The van der Waals surface area contributed by atoms with Crippen molar-refractivity contribution in [3.63, 3.8) is 0 Å². The van der Waals surface area contributed by atoms with E-state index in [9.17, 15) is 0 Å². The zero-order valence-electron chi connectivity index (χ0n) is 26.2. The summed E-state index contributed by atoms with van der Waals surface area (Å²) in [6, 6.07) is 50.5. The van der Waals surface area contributed by atoms with Crippen molar-refractivity contribution in [2.24, 2.45) is 0 Å². The standard InChI is InChI=1S/C44H26N4O/c1-3-12-28(13-4-1)42-46-43(29-14-5-2-6-15-29)48-44(47-42)38-23-30(24-39-41(38)35-21-22-45-26-40(35)49-39)36-25-37-31-16-8-7-11-27(31)19-20-34(37)32-17-9-10-18-33(32)36/h1-26H. The van der Waals surface area contributed by atoms with E-state index >= 15 is 0 Å². The maximum absolute atomic E-state index is 6.54. The Kier molecular flexibility index (Phi) is 6.11. The summed E-state index contributed by atoms with van der Waals surface area (Å²) in [5.41, 5.74) is 6.31. The van der Waals surface area contributed by atoms with E-state index in [1.54, 1.807) is 12.4 Å². The van der Waals surface area contributed by atoms with Crippen LogP contribution in [-0.4, -0.2) is 19.9 Å². The van der Waals surface area contributed by atoms with Crippen LogP contribution in [0.2, 0.25) is 0 Å². The molecule has 3 aromatic heterocycles. The molecule has 3 heterocycles. The van der Waals surface area contributed by atoms with Crippen LogP contribution in [0, 0.1) is 0 Å². The second-order valence-electron chi connectivity index (χ2n) is 12.3. The number of pyridine rings is 1. The molecule has 10 rings (SSSR count). The van der Waals surface area contributed by atoms with E-state index in [2.05, 4.69) is 83.8 Å². The molecular formula is C44H26N4O. The lowest BCUT2D eigenvalue weighted by Crippen LogP contribution is -2.00. The Balaban J connectivity index is 1.32. The molecule has 0 saturated heterocycles. The molecule has 0 saturated carbocycles. The molecule has 0 aliphatic carbocycles. The molecule has 0 spiro atoms. The lowest BCUT2D eigenvalue weighted by atomic mass is 9.90. The molecule has 0 bridgehead atoms. The molecule has 0 N–H and O–H groups in total. The third-order valence-electron chi connectivity index (χ3n) is 9.39. The van der Waals surface area contributed by atoms with E-state index in [0.717, 1.165) is 44.2 Å². The van der Waals surface area contributed by atoms with Crippen LogP contribution >= 0.6 is 0 Å². The van der Waals surface area contributed by atoms with E-state index in [0.29, 0.717) is 23.1 Å². The number of benzene rings is 7. The number of fused-ring (bicyclic) bond motifs is 8. The van der Waals surface area contributed by atoms with Gasteiger partial charge in [-0.3, -0.25) is 4.98 Å². The van der Waals surface area contributed by atoms with Crippen LogP contribution in [-0.2, 0) is 0 Å². The minimum atomic E-state index is 0.578. The zero-order chi connectivity index (χ0) is 32.3. The molecule has 0 atom stereocenters. The molecule has 5 heteroatoms. The van der Waals surface area contributed by atoms with Gasteiger partial charge in [-0.05, 0) is 67.7 Å². The van der Waals surface area contributed by atoms with E-state index in [-0.39, 0.29) is 0 Å². The third kappa shape index (κ3) is 4.48. The van der Waals surface area contributed by atoms with E-state index in [1.807, 2.05) is 66.7 Å². The van der Waals surface area contributed by atoms with Crippen molar-refractivity contribution in [1.29, 1.82) is 0 Å². The molecule has 10 aromatic rings. The lowest BCUT2D eigenvalue weighted by molar-refractivity contribution is 0.667. The Morgan fingerprint density at radius 2 is 1.02 bits per heavy atom. The van der Waals surface area contributed by atoms with Crippen LogP contribution in [0.5, 0.6) is 0 Å². The Hall–Kier alpha value is -6.72. The maximum atomic E-state index is 6.54. The average molecular weight is 627 g/mol. The molecule has 5 nitrogen and oxygen atoms in total. The average Bonchev–Trinajstić information content (AvgIpc) is 3.56. The van der Waals surface area contributed by atoms with Gasteiger partial charge in [-0.2, -0.15) is 0 Å². The van der Waals surface area contributed by atoms with Gasteiger partial charge in [-0.15, -0.1) is 0 Å². The number of hydrogen-bond acceptors (Lipinski definition) is 5. The SMILES string of the molecule is c1ccc(-c2nc(-c3ccccc3)nc(-c3cc(-c4cc5c6ccccc6ccc5c5ccccc45)cc4oc5cnccc5c34)n2)cc1. The highest BCUT2D eigenvalue weighted by Gasteiger charge is 2.21. The smallest absolute Gasteiger partial charge is 0.164 e. The second-order valence-corrected chi connectivity index (χ2v) is 12.3. The van der Waals surface area contributed by atoms with E-state index < -0.39 is 0 Å². The molecule has 228 valence electrons. The lowest BCUT2D eigenvalue weighted by Gasteiger charge is -2.15. The first-order valence-electron chi connectivity index (χ1n) is 16.3. The van der Waals surface area contributed by atoms with Crippen molar-refractivity contribution < 1.29 is 4.42 Å². The fourth-order valence-electron chi connectivity index (χ4n) is 7.12. The minimum absolute atomic E-state index is 0.578. The van der Waals surface area contributed by atoms with Gasteiger partial charge in [0.2, 0.25) is 0 Å². The molecule has 0 unspecified atom stereocenters. The second kappa shape index (κ2) is 10.9. The Bertz CT molecular complexity index is 2820. The summed E-state index contributed by atoms with van der Waals surface area (Å²) in [6.45, 7) is 0. The normalized spacial score (nSPS) is 11.7. The van der Waals surface area contributed by atoms with Crippen molar-refractivity contribution in [2.45, 2.75) is 0 Å². The first-order chi connectivity index (χ1) is 24.3. The Morgan fingerprint density at radius 1 is 0.388 bits per heavy atom. The number of aromatic nitrogens is 4. The molecule has 0 amide bonds. The van der Waals surface area contributed by atoms with Gasteiger partial charge in [-0.1, -0.05) is 121 Å². The van der Waals surface area contributed by atoms with Crippen LogP contribution in [0.3, 0.4) is 0 Å². The maximum Gasteiger partial charge on any atom is 0.164 e. The Morgan fingerprint density at radius 3 is 1.78 bits per heavy atom. The topological polar surface area (TPSA) is 64.7 Å². The van der Waals surface area contributed by atoms with Gasteiger partial charge >= 0.3 is 0 Å². The summed E-state index contributed by atoms with van der Waals surface area (Å²) in [7, 11) is 0. The van der Waals surface area contributed by atoms with Gasteiger partial charge in [-0.25, -0.2) is 15.0 Å². The minimum Gasteiger partial charge on any atom is -0.454 e. The van der Waals surface area contributed by atoms with Crippen LogP contribution < -0.4 is 0 Å². The number of furan rings is 1. The van der Waals surface area contributed by atoms with Crippen molar-refractivity contribution in [1.82, 2.24) is 19.9 Å². The first kappa shape index (κ1) is 27.4. The number of hydrogen-bond donors (Lipinski definition) is 0. The fraction of sp³-hybridized carbons (Fsp3) is 0. The predicted molar refractivity (Wildman–Crippen MR) is 199 cm³/mol. The number of rotatable bonds is 4. The summed E-state index contributed by atoms with van der Waals surface area (Å²) in [4.78, 5) is 19.6. The molecule has 49 heavy (non-hydrogen) atoms. The van der Waals surface area contributed by atoms with Crippen LogP contribution in [0.4, 0.5) is 0 Å². The summed E-state index contributed by atoms with van der Waals surface area (Å²) in [5.74, 6) is 1.80. The zero-order valence-corrected chi connectivity index (χ0v) is 26.2. The Labute approximate surface area is 281 Å². The highest BCUT2D eigenvalue weighted by Crippen LogP contribution is 2.43. The molecule has 0 aliphatic rings. The van der Waals surface area contributed by atoms with Crippen LogP contribution in [0.15, 0.2) is 162 Å². The molecule has 7 aromatic carbocycles. The molecule has 0 aliphatic heterocycles. The van der Waals surface area contributed by atoms with Gasteiger partial charge < -0.3 is 4.42 Å². The molecule has 0 fully saturated rings. The van der Waals surface area contributed by atoms with Gasteiger partial charge in [0.15, 0.2) is 23.1 Å². The molecular weight excluding hydrogens is 601 g/mol. The van der Waals surface area contributed by atoms with Gasteiger partial charge in [0, 0.05) is 33.7 Å². The largest absolute Gasteiger partial charge is 0.454 e. The predicted octanol–water partition coefficient (Wildman–Crippen LogP) is 11.3. The molecule has 0 radical (unpaired) electrons. The third-order valence-corrected chi connectivity index (χ3v) is 9.39. The summed E-state index contributed by atoms with van der Waals surface area (Å²) in [5, 5.41) is 9.15.